The minimum atomic E-state index is 0.0380. The Morgan fingerprint density at radius 2 is 1.64 bits per heavy atom. The van der Waals surface area contributed by atoms with Crippen LogP contribution in [-0.4, -0.2) is 38.7 Å². The SMILES string of the molecule is CCCN1CCn2nc(-c3ccncc3)c(-c3ccc(OCc4ccc(C(C)C)cc4)cc3)c2C1=O. The minimum Gasteiger partial charge on any atom is -0.489 e. The van der Waals surface area contributed by atoms with Crippen LogP contribution in [0, 0.1) is 0 Å². The van der Waals surface area contributed by atoms with Crippen LogP contribution in [0.25, 0.3) is 22.4 Å². The molecule has 184 valence electrons. The Hall–Kier alpha value is -3.93. The number of pyridine rings is 1. The van der Waals surface area contributed by atoms with Gasteiger partial charge in [-0.3, -0.25) is 14.5 Å². The summed E-state index contributed by atoms with van der Waals surface area (Å²) in [6.07, 6.45) is 4.44. The first kappa shape index (κ1) is 23.8. The molecule has 4 aromatic rings. The first-order valence-electron chi connectivity index (χ1n) is 12.7. The van der Waals surface area contributed by atoms with E-state index in [0.29, 0.717) is 31.3 Å². The third-order valence-electron chi connectivity index (χ3n) is 6.67. The third kappa shape index (κ3) is 4.76. The van der Waals surface area contributed by atoms with Gasteiger partial charge in [-0.2, -0.15) is 5.10 Å². The largest absolute Gasteiger partial charge is 0.489 e. The molecule has 1 amide bonds. The molecule has 3 heterocycles. The Morgan fingerprint density at radius 3 is 2.31 bits per heavy atom. The van der Waals surface area contributed by atoms with Crippen LogP contribution < -0.4 is 4.74 Å². The van der Waals surface area contributed by atoms with E-state index in [9.17, 15) is 4.79 Å². The van der Waals surface area contributed by atoms with Crippen molar-refractivity contribution >= 4 is 5.91 Å². The summed E-state index contributed by atoms with van der Waals surface area (Å²) >= 11 is 0. The number of hydrogen-bond acceptors (Lipinski definition) is 4. The minimum absolute atomic E-state index is 0.0380. The predicted octanol–water partition coefficient (Wildman–Crippen LogP) is 6.18. The number of nitrogens with zero attached hydrogens (tertiary/aromatic N) is 4. The highest BCUT2D eigenvalue weighted by atomic mass is 16.5. The molecule has 0 radical (unpaired) electrons. The third-order valence-corrected chi connectivity index (χ3v) is 6.67. The van der Waals surface area contributed by atoms with Crippen molar-refractivity contribution in [1.29, 1.82) is 0 Å². The van der Waals surface area contributed by atoms with Crippen molar-refractivity contribution in [2.45, 2.75) is 46.3 Å². The van der Waals surface area contributed by atoms with Crippen molar-refractivity contribution < 1.29 is 9.53 Å². The van der Waals surface area contributed by atoms with Crippen LogP contribution in [0.15, 0.2) is 73.1 Å². The molecule has 5 rings (SSSR count). The molecule has 6 nitrogen and oxygen atoms in total. The van der Waals surface area contributed by atoms with Gasteiger partial charge in [0, 0.05) is 36.6 Å². The van der Waals surface area contributed by atoms with Crippen LogP contribution in [-0.2, 0) is 13.2 Å². The van der Waals surface area contributed by atoms with Gasteiger partial charge in [-0.1, -0.05) is 57.2 Å². The lowest BCUT2D eigenvalue weighted by atomic mass is 9.98. The molecule has 6 heteroatoms. The van der Waals surface area contributed by atoms with Crippen LogP contribution in [0.4, 0.5) is 0 Å². The van der Waals surface area contributed by atoms with Crippen molar-refractivity contribution in [3.05, 3.63) is 89.9 Å². The van der Waals surface area contributed by atoms with E-state index in [4.69, 9.17) is 9.84 Å². The molecule has 0 fully saturated rings. The lowest BCUT2D eigenvalue weighted by Crippen LogP contribution is -2.41. The Labute approximate surface area is 212 Å². The average Bonchev–Trinajstić information content (AvgIpc) is 3.31. The van der Waals surface area contributed by atoms with Gasteiger partial charge in [0.25, 0.3) is 5.91 Å². The maximum atomic E-state index is 13.5. The van der Waals surface area contributed by atoms with E-state index >= 15 is 0 Å². The fraction of sp³-hybridized carbons (Fsp3) is 0.300. The second-order valence-corrected chi connectivity index (χ2v) is 9.53. The van der Waals surface area contributed by atoms with Gasteiger partial charge in [-0.15, -0.1) is 0 Å². The summed E-state index contributed by atoms with van der Waals surface area (Å²) in [6.45, 7) is 9.11. The van der Waals surface area contributed by atoms with Crippen molar-refractivity contribution in [2.75, 3.05) is 13.1 Å². The van der Waals surface area contributed by atoms with Gasteiger partial charge in [0.05, 0.1) is 6.54 Å². The number of fused-ring (bicyclic) bond motifs is 1. The van der Waals surface area contributed by atoms with Crippen LogP contribution in [0.1, 0.15) is 54.7 Å². The van der Waals surface area contributed by atoms with E-state index < -0.39 is 0 Å². The monoisotopic (exact) mass is 480 g/mol. The summed E-state index contributed by atoms with van der Waals surface area (Å²) in [5.41, 5.74) is 6.67. The number of aromatic nitrogens is 3. The molecular weight excluding hydrogens is 448 g/mol. The highest BCUT2D eigenvalue weighted by molar-refractivity contribution is 6.03. The first-order valence-corrected chi connectivity index (χ1v) is 12.7. The van der Waals surface area contributed by atoms with Gasteiger partial charge < -0.3 is 9.64 Å². The summed E-state index contributed by atoms with van der Waals surface area (Å²) in [5, 5.41) is 4.87. The molecule has 2 aromatic heterocycles. The molecule has 0 aliphatic carbocycles. The standard InChI is InChI=1S/C30H32N4O2/c1-4-17-33-18-19-34-29(30(33)35)27(28(32-34)25-13-15-31-16-14-25)24-9-11-26(12-10-24)36-20-22-5-7-23(8-6-22)21(2)3/h5-16,21H,4,17-20H2,1-3H3. The zero-order chi connectivity index (χ0) is 25.1. The van der Waals surface area contributed by atoms with Crippen LogP contribution >= 0.6 is 0 Å². The van der Waals surface area contributed by atoms with Gasteiger partial charge in [-0.05, 0) is 53.3 Å². The highest BCUT2D eigenvalue weighted by Crippen LogP contribution is 2.37. The van der Waals surface area contributed by atoms with Crippen LogP contribution in [0.2, 0.25) is 0 Å². The maximum absolute atomic E-state index is 13.5. The van der Waals surface area contributed by atoms with E-state index in [1.165, 1.54) is 5.56 Å². The number of ether oxygens (including phenoxy) is 1. The summed E-state index contributed by atoms with van der Waals surface area (Å²) < 4.78 is 7.92. The lowest BCUT2D eigenvalue weighted by molar-refractivity contribution is 0.0699. The smallest absolute Gasteiger partial charge is 0.272 e. The van der Waals surface area contributed by atoms with Crippen molar-refractivity contribution in [3.63, 3.8) is 0 Å². The number of hydrogen-bond donors (Lipinski definition) is 0. The fourth-order valence-electron chi connectivity index (χ4n) is 4.66. The fourth-order valence-corrected chi connectivity index (χ4v) is 4.66. The average molecular weight is 481 g/mol. The Bertz CT molecular complexity index is 1330. The first-order chi connectivity index (χ1) is 17.5. The summed E-state index contributed by atoms with van der Waals surface area (Å²) in [5.74, 6) is 1.34. The van der Waals surface area contributed by atoms with E-state index in [2.05, 4.69) is 50.0 Å². The van der Waals surface area contributed by atoms with E-state index in [1.807, 2.05) is 46.0 Å². The van der Waals surface area contributed by atoms with E-state index in [0.717, 1.165) is 46.7 Å². The molecule has 0 saturated heterocycles. The number of carbonyl (C=O) groups is 1. The zero-order valence-electron chi connectivity index (χ0n) is 21.1. The van der Waals surface area contributed by atoms with Gasteiger partial charge in [0.15, 0.2) is 0 Å². The van der Waals surface area contributed by atoms with Crippen molar-refractivity contribution in [1.82, 2.24) is 19.7 Å². The van der Waals surface area contributed by atoms with Gasteiger partial charge in [0.2, 0.25) is 0 Å². The maximum Gasteiger partial charge on any atom is 0.272 e. The Kier molecular flexibility index (Phi) is 6.85. The molecule has 0 spiro atoms. The zero-order valence-corrected chi connectivity index (χ0v) is 21.1. The molecule has 0 unspecified atom stereocenters. The lowest BCUT2D eigenvalue weighted by Gasteiger charge is -2.27. The van der Waals surface area contributed by atoms with Gasteiger partial charge >= 0.3 is 0 Å². The molecule has 36 heavy (non-hydrogen) atoms. The molecule has 1 aliphatic rings. The second kappa shape index (κ2) is 10.4. The Balaban J connectivity index is 1.44. The normalized spacial score (nSPS) is 13.2. The number of rotatable bonds is 8. The molecular formula is C30H32N4O2. The molecule has 0 N–H and O–H groups in total. The molecule has 2 aromatic carbocycles. The molecule has 0 bridgehead atoms. The summed E-state index contributed by atoms with van der Waals surface area (Å²) in [6, 6.07) is 20.4. The molecule has 1 aliphatic heterocycles. The Morgan fingerprint density at radius 1 is 0.917 bits per heavy atom. The molecule has 0 atom stereocenters. The number of amides is 1. The van der Waals surface area contributed by atoms with E-state index in [1.54, 1.807) is 12.4 Å². The molecule has 0 saturated carbocycles. The van der Waals surface area contributed by atoms with Crippen LogP contribution in [0.3, 0.4) is 0 Å². The quantitative estimate of drug-likeness (QED) is 0.302. The second-order valence-electron chi connectivity index (χ2n) is 9.53. The van der Waals surface area contributed by atoms with Gasteiger partial charge in [0.1, 0.15) is 23.7 Å². The summed E-state index contributed by atoms with van der Waals surface area (Å²) in [7, 11) is 0. The predicted molar refractivity (Wildman–Crippen MR) is 142 cm³/mol. The summed E-state index contributed by atoms with van der Waals surface area (Å²) in [4.78, 5) is 19.5. The van der Waals surface area contributed by atoms with E-state index in [-0.39, 0.29) is 5.91 Å². The van der Waals surface area contributed by atoms with Crippen LogP contribution in [0.5, 0.6) is 5.75 Å². The van der Waals surface area contributed by atoms with Crippen molar-refractivity contribution in [2.24, 2.45) is 0 Å². The number of carbonyl (C=O) groups excluding carboxylic acids is 1. The highest BCUT2D eigenvalue weighted by Gasteiger charge is 2.31. The topological polar surface area (TPSA) is 60.3 Å². The van der Waals surface area contributed by atoms with Crippen molar-refractivity contribution in [3.8, 4) is 28.1 Å². The van der Waals surface area contributed by atoms with Gasteiger partial charge in [-0.25, -0.2) is 0 Å². The number of benzene rings is 2.